The van der Waals surface area contributed by atoms with E-state index in [0.29, 0.717) is 0 Å². The zero-order chi connectivity index (χ0) is 19.3. The van der Waals surface area contributed by atoms with Crippen molar-refractivity contribution in [1.29, 1.82) is 0 Å². The molecule has 0 N–H and O–H groups in total. The van der Waals surface area contributed by atoms with E-state index < -0.39 is 0 Å². The number of benzene rings is 1. The molecule has 150 valence electrons. The first-order valence-electron chi connectivity index (χ1n) is 11.0. The molecule has 0 saturated carbocycles. The van der Waals surface area contributed by atoms with Crippen LogP contribution in [0, 0.1) is 0 Å². The van der Waals surface area contributed by atoms with Gasteiger partial charge in [0.2, 0.25) is 0 Å². The van der Waals surface area contributed by atoms with Crippen molar-refractivity contribution in [1.82, 2.24) is 0 Å². The lowest BCUT2D eigenvalue weighted by Gasteiger charge is -2.26. The van der Waals surface area contributed by atoms with Crippen LogP contribution in [0.1, 0.15) is 102 Å². The van der Waals surface area contributed by atoms with Gasteiger partial charge in [-0.1, -0.05) is 65.2 Å². The monoisotopic (exact) mass is 496 g/mol. The van der Waals surface area contributed by atoms with Crippen LogP contribution in [-0.4, -0.2) is 0 Å². The summed E-state index contributed by atoms with van der Waals surface area (Å²) < 4.78 is 9.16. The molecule has 0 radical (unpaired) electrons. The minimum atomic E-state index is -0.200. The molecule has 1 aromatic carbocycles. The molecule has 2 heterocycles. The van der Waals surface area contributed by atoms with Crippen molar-refractivity contribution in [2.75, 3.05) is 0 Å². The fraction of sp³-hybridized carbons (Fsp3) is 0.667. The van der Waals surface area contributed by atoms with Gasteiger partial charge in [-0.05, 0) is 93.0 Å². The van der Waals surface area contributed by atoms with Gasteiger partial charge in [0.1, 0.15) is 11.2 Å². The molecule has 0 amide bonds. The second kappa shape index (κ2) is 9.59. The van der Waals surface area contributed by atoms with Crippen LogP contribution in [0.5, 0.6) is 0 Å². The minimum Gasteiger partial charge on any atom is -0.351 e. The molecule has 0 saturated heterocycles. The third-order valence-electron chi connectivity index (χ3n) is 6.26. The van der Waals surface area contributed by atoms with Crippen LogP contribution in [0.4, 0.5) is 0 Å². The van der Waals surface area contributed by atoms with E-state index in [4.69, 9.17) is 4.74 Å². The van der Waals surface area contributed by atoms with Gasteiger partial charge in [-0.3, -0.25) is 0 Å². The average Bonchev–Trinajstić information content (AvgIpc) is 3.15. The predicted molar refractivity (Wildman–Crippen MR) is 122 cm³/mol. The molecule has 0 aliphatic carbocycles. The van der Waals surface area contributed by atoms with Crippen LogP contribution in [0.2, 0.25) is 0 Å². The Balaban J connectivity index is 1.74. The number of fused-ring (bicyclic) bond motifs is 5. The summed E-state index contributed by atoms with van der Waals surface area (Å²) >= 11 is 7.44. The molecule has 1 nitrogen and oxygen atoms in total. The fourth-order valence-electron chi connectivity index (χ4n) is 4.72. The zero-order valence-corrected chi connectivity index (χ0v) is 20.1. The van der Waals surface area contributed by atoms with E-state index in [9.17, 15) is 0 Å². The van der Waals surface area contributed by atoms with Crippen molar-refractivity contribution in [2.24, 2.45) is 0 Å². The third kappa shape index (κ3) is 4.56. The Labute approximate surface area is 182 Å². The van der Waals surface area contributed by atoms with E-state index in [2.05, 4.69) is 70.0 Å². The van der Waals surface area contributed by atoms with Crippen molar-refractivity contribution in [2.45, 2.75) is 102 Å². The molecule has 2 aliphatic heterocycles. The molecule has 0 unspecified atom stereocenters. The smallest absolute Gasteiger partial charge is 0.113 e. The average molecular weight is 498 g/mol. The van der Waals surface area contributed by atoms with Gasteiger partial charge in [0.25, 0.3) is 0 Å². The highest BCUT2D eigenvalue weighted by Gasteiger charge is 2.54. The SMILES string of the molecule is CCCCCCC[C@@]12C=C[C@@](CCCCCCC)(O1)c1cc(Br)c(Br)cc12. The van der Waals surface area contributed by atoms with Gasteiger partial charge in [0, 0.05) is 8.95 Å². The summed E-state index contributed by atoms with van der Waals surface area (Å²) in [5, 5.41) is 0. The van der Waals surface area contributed by atoms with Crippen molar-refractivity contribution >= 4 is 31.9 Å². The van der Waals surface area contributed by atoms with E-state index in [1.165, 1.54) is 75.3 Å². The Kier molecular flexibility index (Phi) is 7.66. The van der Waals surface area contributed by atoms with E-state index in [-0.39, 0.29) is 11.2 Å². The molecule has 0 fully saturated rings. The fourth-order valence-corrected chi connectivity index (χ4v) is 5.41. The highest BCUT2D eigenvalue weighted by molar-refractivity contribution is 9.13. The van der Waals surface area contributed by atoms with E-state index in [1.54, 1.807) is 0 Å². The van der Waals surface area contributed by atoms with Crippen LogP contribution in [-0.2, 0) is 15.9 Å². The Bertz CT molecular complexity index is 614. The first-order valence-corrected chi connectivity index (χ1v) is 12.6. The Morgan fingerprint density at radius 3 is 1.48 bits per heavy atom. The maximum atomic E-state index is 6.89. The van der Waals surface area contributed by atoms with Gasteiger partial charge in [0.05, 0.1) is 0 Å². The zero-order valence-electron chi connectivity index (χ0n) is 17.0. The number of rotatable bonds is 12. The van der Waals surface area contributed by atoms with Gasteiger partial charge in [0.15, 0.2) is 0 Å². The van der Waals surface area contributed by atoms with E-state index in [1.807, 2.05) is 0 Å². The molecule has 2 atom stereocenters. The lowest BCUT2D eigenvalue weighted by Crippen LogP contribution is -2.23. The molecule has 1 aromatic rings. The van der Waals surface area contributed by atoms with Crippen LogP contribution in [0.15, 0.2) is 33.2 Å². The number of halogens is 2. The largest absolute Gasteiger partial charge is 0.351 e. The molecular weight excluding hydrogens is 464 g/mol. The van der Waals surface area contributed by atoms with Crippen molar-refractivity contribution in [3.63, 3.8) is 0 Å². The number of hydrogen-bond donors (Lipinski definition) is 0. The molecule has 27 heavy (non-hydrogen) atoms. The Hall–Kier alpha value is -0.120. The summed E-state index contributed by atoms with van der Waals surface area (Å²) in [7, 11) is 0. The lowest BCUT2D eigenvalue weighted by atomic mass is 9.78. The molecular formula is C24H34Br2O. The minimum absolute atomic E-state index is 0.200. The van der Waals surface area contributed by atoms with Gasteiger partial charge < -0.3 is 4.74 Å². The normalized spacial score (nSPS) is 25.3. The van der Waals surface area contributed by atoms with Crippen molar-refractivity contribution < 1.29 is 4.74 Å². The van der Waals surface area contributed by atoms with Crippen molar-refractivity contribution in [3.05, 3.63) is 44.4 Å². The molecule has 2 aliphatic rings. The predicted octanol–water partition coefficient (Wildman–Crippen LogP) is 8.92. The highest BCUT2D eigenvalue weighted by Crippen LogP contribution is 2.59. The first-order chi connectivity index (χ1) is 13.1. The Morgan fingerprint density at radius 2 is 1.07 bits per heavy atom. The molecule has 2 bridgehead atoms. The van der Waals surface area contributed by atoms with Crippen molar-refractivity contribution in [3.8, 4) is 0 Å². The quantitative estimate of drug-likeness (QED) is 0.207. The second-order valence-corrected chi connectivity index (χ2v) is 10.1. The summed E-state index contributed by atoms with van der Waals surface area (Å²) in [6, 6.07) is 4.60. The molecule has 0 spiro atoms. The molecule has 3 heteroatoms. The molecule has 3 rings (SSSR count). The summed E-state index contributed by atoms with van der Waals surface area (Å²) in [6.07, 6.45) is 20.0. The third-order valence-corrected chi connectivity index (χ3v) is 8.11. The summed E-state index contributed by atoms with van der Waals surface area (Å²) in [5.41, 5.74) is 2.38. The molecule has 0 aromatic heterocycles. The van der Waals surface area contributed by atoms with Gasteiger partial charge in [-0.25, -0.2) is 0 Å². The number of ether oxygens (including phenoxy) is 1. The summed E-state index contributed by atoms with van der Waals surface area (Å²) in [5.74, 6) is 0. The lowest BCUT2D eigenvalue weighted by molar-refractivity contribution is -0.0808. The van der Waals surface area contributed by atoms with Crippen LogP contribution in [0.25, 0.3) is 0 Å². The van der Waals surface area contributed by atoms with Crippen LogP contribution in [0.3, 0.4) is 0 Å². The maximum absolute atomic E-state index is 6.89. The van der Waals surface area contributed by atoms with Crippen LogP contribution < -0.4 is 0 Å². The number of unbranched alkanes of at least 4 members (excludes halogenated alkanes) is 8. The number of hydrogen-bond acceptors (Lipinski definition) is 1. The van der Waals surface area contributed by atoms with Gasteiger partial charge >= 0.3 is 0 Å². The Morgan fingerprint density at radius 1 is 0.667 bits per heavy atom. The van der Waals surface area contributed by atoms with E-state index >= 15 is 0 Å². The standard InChI is InChI=1S/C24H34Br2O/c1-3-5-7-9-11-13-23-15-16-24(27-23,14-12-10-8-6-4-2)20-18-22(26)21(25)17-19(20)23/h15-18H,3-14H2,1-2H3/t23-,24+. The van der Waals surface area contributed by atoms with Gasteiger partial charge in [-0.15, -0.1) is 0 Å². The maximum Gasteiger partial charge on any atom is 0.113 e. The first kappa shape index (κ1) is 21.6. The summed E-state index contributed by atoms with van der Waals surface area (Å²) in [6.45, 7) is 4.55. The van der Waals surface area contributed by atoms with E-state index in [0.717, 1.165) is 21.8 Å². The topological polar surface area (TPSA) is 9.23 Å². The second-order valence-electron chi connectivity index (χ2n) is 8.35. The highest BCUT2D eigenvalue weighted by atomic mass is 79.9. The van der Waals surface area contributed by atoms with Gasteiger partial charge in [-0.2, -0.15) is 0 Å². The summed E-state index contributed by atoms with van der Waals surface area (Å²) in [4.78, 5) is 0. The van der Waals surface area contributed by atoms with Crippen LogP contribution >= 0.6 is 31.9 Å².